The van der Waals surface area contributed by atoms with Gasteiger partial charge in [-0.1, -0.05) is 44.2 Å². The maximum Gasteiger partial charge on any atom is 0.278 e. The standard InChI is InChI=1S/C18H23N5O/c1-4-11-23(12-5-2)18-19-15-14(13-9-7-6-8-10-13)21-22(3)16(15)17(24)20-18/h6-10H,4-5,11-12H2,1-3H3,(H,19,20,24). The van der Waals surface area contributed by atoms with Crippen molar-refractivity contribution in [1.29, 1.82) is 0 Å². The highest BCUT2D eigenvalue weighted by Gasteiger charge is 2.18. The van der Waals surface area contributed by atoms with Gasteiger partial charge >= 0.3 is 0 Å². The molecule has 0 fully saturated rings. The van der Waals surface area contributed by atoms with E-state index in [-0.39, 0.29) is 5.56 Å². The highest BCUT2D eigenvalue weighted by atomic mass is 16.1. The van der Waals surface area contributed by atoms with Crippen LogP contribution in [0.15, 0.2) is 35.1 Å². The van der Waals surface area contributed by atoms with Crippen molar-refractivity contribution in [1.82, 2.24) is 19.7 Å². The van der Waals surface area contributed by atoms with Gasteiger partial charge in [-0.15, -0.1) is 0 Å². The lowest BCUT2D eigenvalue weighted by Crippen LogP contribution is -2.29. The molecule has 2 aromatic heterocycles. The molecule has 0 saturated carbocycles. The van der Waals surface area contributed by atoms with E-state index in [1.165, 1.54) is 0 Å². The first-order valence-electron chi connectivity index (χ1n) is 8.43. The number of fused-ring (bicyclic) bond motifs is 1. The summed E-state index contributed by atoms with van der Waals surface area (Å²) in [6, 6.07) is 9.86. The Morgan fingerprint density at radius 1 is 1.12 bits per heavy atom. The van der Waals surface area contributed by atoms with E-state index in [1.807, 2.05) is 30.3 Å². The molecule has 0 radical (unpaired) electrons. The van der Waals surface area contributed by atoms with Crippen molar-refractivity contribution in [3.8, 4) is 11.3 Å². The third-order valence-corrected chi connectivity index (χ3v) is 4.01. The summed E-state index contributed by atoms with van der Waals surface area (Å²) in [5.74, 6) is 0.626. The van der Waals surface area contributed by atoms with Gasteiger partial charge in [-0.2, -0.15) is 5.10 Å². The van der Waals surface area contributed by atoms with E-state index in [9.17, 15) is 4.79 Å². The Morgan fingerprint density at radius 2 is 1.79 bits per heavy atom. The fourth-order valence-corrected chi connectivity index (χ4v) is 2.97. The molecule has 2 heterocycles. The number of hydrogen-bond acceptors (Lipinski definition) is 4. The van der Waals surface area contributed by atoms with E-state index >= 15 is 0 Å². The molecule has 6 nitrogen and oxygen atoms in total. The molecule has 0 unspecified atom stereocenters. The van der Waals surface area contributed by atoms with Gasteiger partial charge in [0.1, 0.15) is 11.2 Å². The molecule has 1 aromatic carbocycles. The van der Waals surface area contributed by atoms with Gasteiger partial charge < -0.3 is 4.90 Å². The minimum Gasteiger partial charge on any atom is -0.342 e. The molecule has 0 atom stereocenters. The van der Waals surface area contributed by atoms with Crippen LogP contribution in [0.5, 0.6) is 0 Å². The van der Waals surface area contributed by atoms with Gasteiger partial charge in [0.25, 0.3) is 5.56 Å². The van der Waals surface area contributed by atoms with Crippen molar-refractivity contribution in [2.45, 2.75) is 26.7 Å². The van der Waals surface area contributed by atoms with E-state index in [2.05, 4.69) is 28.8 Å². The van der Waals surface area contributed by atoms with Gasteiger partial charge in [-0.3, -0.25) is 14.5 Å². The minimum absolute atomic E-state index is 0.149. The summed E-state index contributed by atoms with van der Waals surface area (Å²) in [7, 11) is 1.78. The third-order valence-electron chi connectivity index (χ3n) is 4.01. The van der Waals surface area contributed by atoms with Crippen LogP contribution in [0.1, 0.15) is 26.7 Å². The molecule has 0 aliphatic heterocycles. The van der Waals surface area contributed by atoms with E-state index in [1.54, 1.807) is 11.7 Å². The second-order valence-corrected chi connectivity index (χ2v) is 5.91. The number of aromatic nitrogens is 4. The Balaban J connectivity index is 2.20. The average molecular weight is 325 g/mol. The molecule has 6 heteroatoms. The number of H-pyrrole nitrogens is 1. The van der Waals surface area contributed by atoms with Crippen LogP contribution in [-0.4, -0.2) is 32.8 Å². The summed E-state index contributed by atoms with van der Waals surface area (Å²) in [6.45, 7) is 5.98. The van der Waals surface area contributed by atoms with Gasteiger partial charge in [0.2, 0.25) is 5.95 Å². The topological polar surface area (TPSA) is 66.8 Å². The normalized spacial score (nSPS) is 11.1. The average Bonchev–Trinajstić information content (AvgIpc) is 2.93. The maximum absolute atomic E-state index is 12.6. The van der Waals surface area contributed by atoms with Crippen LogP contribution in [-0.2, 0) is 7.05 Å². The highest BCUT2D eigenvalue weighted by Crippen LogP contribution is 2.25. The van der Waals surface area contributed by atoms with Gasteiger partial charge in [-0.05, 0) is 12.8 Å². The van der Waals surface area contributed by atoms with Crippen LogP contribution >= 0.6 is 0 Å². The van der Waals surface area contributed by atoms with Crippen molar-refractivity contribution >= 4 is 17.0 Å². The second kappa shape index (κ2) is 6.86. The molecule has 24 heavy (non-hydrogen) atoms. The fraction of sp³-hybridized carbons (Fsp3) is 0.389. The van der Waals surface area contributed by atoms with Crippen LogP contribution in [0.25, 0.3) is 22.3 Å². The summed E-state index contributed by atoms with van der Waals surface area (Å²) in [5, 5.41) is 4.53. The molecule has 1 N–H and O–H groups in total. The van der Waals surface area contributed by atoms with Crippen molar-refractivity contribution in [2.24, 2.45) is 7.05 Å². The maximum atomic E-state index is 12.6. The molecular formula is C18H23N5O. The zero-order valence-electron chi connectivity index (χ0n) is 14.4. The summed E-state index contributed by atoms with van der Waals surface area (Å²) in [4.78, 5) is 22.4. The first-order chi connectivity index (χ1) is 11.7. The van der Waals surface area contributed by atoms with Crippen LogP contribution < -0.4 is 10.5 Å². The zero-order chi connectivity index (χ0) is 17.1. The quantitative estimate of drug-likeness (QED) is 0.756. The Kier molecular flexibility index (Phi) is 4.64. The van der Waals surface area contributed by atoms with Crippen LogP contribution in [0.4, 0.5) is 5.95 Å². The van der Waals surface area contributed by atoms with Crippen molar-refractivity contribution in [2.75, 3.05) is 18.0 Å². The third kappa shape index (κ3) is 2.91. The molecule has 0 saturated heterocycles. The molecule has 0 aliphatic rings. The predicted molar refractivity (Wildman–Crippen MR) is 97.4 cm³/mol. The van der Waals surface area contributed by atoms with Gasteiger partial charge in [0.15, 0.2) is 5.52 Å². The largest absolute Gasteiger partial charge is 0.342 e. The van der Waals surface area contributed by atoms with E-state index in [0.29, 0.717) is 17.0 Å². The van der Waals surface area contributed by atoms with Gasteiger partial charge in [-0.25, -0.2) is 4.98 Å². The van der Waals surface area contributed by atoms with Crippen LogP contribution in [0.3, 0.4) is 0 Å². The Bertz CT molecular complexity index is 876. The number of aryl methyl sites for hydroxylation is 1. The fourth-order valence-electron chi connectivity index (χ4n) is 2.97. The number of aromatic amines is 1. The number of anilines is 1. The lowest BCUT2D eigenvalue weighted by Gasteiger charge is -2.21. The number of nitrogens with one attached hydrogen (secondary N) is 1. The van der Waals surface area contributed by atoms with E-state index in [0.717, 1.165) is 37.2 Å². The van der Waals surface area contributed by atoms with Crippen LogP contribution in [0, 0.1) is 0 Å². The zero-order valence-corrected chi connectivity index (χ0v) is 14.4. The van der Waals surface area contributed by atoms with Gasteiger partial charge in [0.05, 0.1) is 0 Å². The predicted octanol–water partition coefficient (Wildman–Crippen LogP) is 2.95. The highest BCUT2D eigenvalue weighted by molar-refractivity contribution is 5.90. The first kappa shape index (κ1) is 16.2. The monoisotopic (exact) mass is 325 g/mol. The molecule has 0 bridgehead atoms. The summed E-state index contributed by atoms with van der Waals surface area (Å²) >= 11 is 0. The summed E-state index contributed by atoms with van der Waals surface area (Å²) < 4.78 is 1.61. The minimum atomic E-state index is -0.149. The van der Waals surface area contributed by atoms with E-state index < -0.39 is 0 Å². The molecule has 0 spiro atoms. The van der Waals surface area contributed by atoms with E-state index in [4.69, 9.17) is 4.98 Å². The number of hydrogen-bond donors (Lipinski definition) is 1. The number of nitrogens with zero attached hydrogens (tertiary/aromatic N) is 4. The van der Waals surface area contributed by atoms with Crippen LogP contribution in [0.2, 0.25) is 0 Å². The van der Waals surface area contributed by atoms with Crippen molar-refractivity contribution in [3.63, 3.8) is 0 Å². The molecule has 3 rings (SSSR count). The Labute approximate surface area is 141 Å². The molecule has 0 amide bonds. The molecule has 0 aliphatic carbocycles. The molecular weight excluding hydrogens is 302 g/mol. The second-order valence-electron chi connectivity index (χ2n) is 5.91. The lowest BCUT2D eigenvalue weighted by atomic mass is 10.1. The summed E-state index contributed by atoms with van der Waals surface area (Å²) in [5.41, 5.74) is 2.72. The first-order valence-corrected chi connectivity index (χ1v) is 8.43. The number of benzene rings is 1. The van der Waals surface area contributed by atoms with Crippen molar-refractivity contribution in [3.05, 3.63) is 40.7 Å². The lowest BCUT2D eigenvalue weighted by molar-refractivity contribution is 0.721. The molecule has 126 valence electrons. The number of rotatable bonds is 6. The van der Waals surface area contributed by atoms with Crippen molar-refractivity contribution < 1.29 is 0 Å². The Morgan fingerprint density at radius 3 is 2.42 bits per heavy atom. The molecule has 3 aromatic rings. The SMILES string of the molecule is CCCN(CCC)c1nc2c(-c3ccccc3)nn(C)c2c(=O)[nH]1. The Hall–Kier alpha value is -2.63. The summed E-state index contributed by atoms with van der Waals surface area (Å²) in [6.07, 6.45) is 2.00. The smallest absolute Gasteiger partial charge is 0.278 e. The van der Waals surface area contributed by atoms with Gasteiger partial charge in [0, 0.05) is 25.7 Å².